The molecule has 318 valence electrons. The first kappa shape index (κ1) is 51.3. The zero-order valence-electron chi connectivity index (χ0n) is 34.7. The van der Waals surface area contributed by atoms with E-state index in [1.165, 1.54) is 22.7 Å². The number of hydrogen-bond donors (Lipinski definition) is 4. The van der Waals surface area contributed by atoms with E-state index in [-0.39, 0.29) is 31.0 Å². The minimum Gasteiger partial charge on any atom is -0.444 e. The summed E-state index contributed by atoms with van der Waals surface area (Å²) in [5.74, 6) is -0.755. The Kier molecular flexibility index (Phi) is 26.8. The van der Waals surface area contributed by atoms with Crippen LogP contribution in [0.5, 0.6) is 0 Å². The highest BCUT2D eigenvalue weighted by molar-refractivity contribution is 7.92. The summed E-state index contributed by atoms with van der Waals surface area (Å²) in [6.07, 6.45) is 7.94. The number of fused-ring (bicyclic) bond motifs is 1. The number of likely N-dealkylation sites (tertiary alicyclic amines) is 1. The predicted octanol–water partition coefficient (Wildman–Crippen LogP) is 8.42. The van der Waals surface area contributed by atoms with Gasteiger partial charge in [0.15, 0.2) is 5.58 Å². The van der Waals surface area contributed by atoms with Gasteiger partial charge in [0, 0.05) is 24.7 Å². The molecule has 0 spiro atoms. The van der Waals surface area contributed by atoms with Gasteiger partial charge in [-0.3, -0.25) is 14.4 Å². The number of benzene rings is 3. The maximum Gasteiger partial charge on any atom is 0.407 e. The number of aliphatic hydroxyl groups excluding tert-OH is 1. The lowest BCUT2D eigenvalue weighted by atomic mass is 10.2. The topological polar surface area (TPSA) is 172 Å². The van der Waals surface area contributed by atoms with Crippen LogP contribution in [0, 0.1) is 0 Å². The first-order valence-electron chi connectivity index (χ1n) is 19.1. The zero-order valence-corrected chi connectivity index (χ0v) is 36.2. The van der Waals surface area contributed by atoms with Crippen LogP contribution >= 0.6 is 23.8 Å². The number of halogens is 1. The first-order chi connectivity index (χ1) is 27.8. The van der Waals surface area contributed by atoms with Crippen molar-refractivity contribution in [3.05, 3.63) is 107 Å². The Morgan fingerprint density at radius 3 is 2.24 bits per heavy atom. The number of aromatic nitrogens is 1. The van der Waals surface area contributed by atoms with Crippen molar-refractivity contribution in [3.63, 3.8) is 0 Å². The number of allylic oxidation sites excluding steroid dienone is 1. The van der Waals surface area contributed by atoms with Crippen LogP contribution in [0.25, 0.3) is 17.2 Å². The lowest BCUT2D eigenvalue weighted by molar-refractivity contribution is -0.130. The number of Topliss-reactive ketones (excluding diaryl/α,β-unsaturated/α-hetero) is 1. The van der Waals surface area contributed by atoms with Gasteiger partial charge in [0.1, 0.15) is 17.2 Å². The molecule has 0 radical (unpaired) electrons. The lowest BCUT2D eigenvalue weighted by Crippen LogP contribution is -2.44. The minimum absolute atomic E-state index is 0.0276. The van der Waals surface area contributed by atoms with Gasteiger partial charge in [-0.15, -0.1) is 0 Å². The predicted molar refractivity (Wildman–Crippen MR) is 233 cm³/mol. The van der Waals surface area contributed by atoms with Crippen molar-refractivity contribution in [1.29, 1.82) is 0 Å². The van der Waals surface area contributed by atoms with Crippen LogP contribution < -0.4 is 15.4 Å². The summed E-state index contributed by atoms with van der Waals surface area (Å²) < 4.78 is 17.9. The molecule has 0 aliphatic carbocycles. The number of carbonyl (C=O) groups is 4. The summed E-state index contributed by atoms with van der Waals surface area (Å²) in [7, 11) is 1.63. The molecule has 0 bridgehead atoms. The quantitative estimate of drug-likeness (QED) is 0.0335. The van der Waals surface area contributed by atoms with Crippen LogP contribution in [0.15, 0.2) is 89.4 Å². The van der Waals surface area contributed by atoms with E-state index in [2.05, 4.69) is 49.7 Å². The SMILES string of the molecule is C/C=C/c1ccccc1.CCCCNC(=O)OC(C)(C)C.CCNSOC.O=CN1CCCC1C(=O)NCC(=O)c1nc2ccccc2o1.OCc1ccc(Cl)cc1. The minimum atomic E-state index is -0.492. The number of para-hydroxylation sites is 2. The average molecular weight is 842 g/mol. The summed E-state index contributed by atoms with van der Waals surface area (Å²) in [4.78, 5) is 51.4. The summed E-state index contributed by atoms with van der Waals surface area (Å²) in [5.41, 5.74) is 2.88. The van der Waals surface area contributed by atoms with Gasteiger partial charge >= 0.3 is 6.09 Å². The third-order valence-corrected chi connectivity index (χ3v) is 8.25. The Morgan fingerprint density at radius 1 is 1.02 bits per heavy atom. The molecule has 5 rings (SSSR count). The van der Waals surface area contributed by atoms with Crippen LogP contribution in [-0.2, 0) is 25.1 Å². The standard InChI is InChI=1S/C15H15N3O4.C9H19NO2.C9H10.C7H7ClO.C3H9NOS/c19-9-18-7-3-5-11(18)14(21)16-8-12(20)15-17-10-4-1-2-6-13(10)22-15;1-5-6-7-10-8(11)12-9(2,3)4;1-2-6-9-7-4-3-5-8-9;8-7-3-1-6(5-9)2-4-7;1-3-4-6-5-2/h1-2,4,6,9,11H,3,5,7-8H2,(H,16,21);5-7H2,1-4H3,(H,10,11);2-8H,1H3;1-4,9H,5H2;4H,3H2,1-2H3/b;;6-2+;;. The van der Waals surface area contributed by atoms with Crippen molar-refractivity contribution >= 4 is 65.2 Å². The van der Waals surface area contributed by atoms with Crippen molar-refractivity contribution in [2.45, 2.75) is 85.5 Å². The number of carbonyl (C=O) groups excluding carboxylic acids is 4. The van der Waals surface area contributed by atoms with Gasteiger partial charge in [-0.05, 0) is 82.3 Å². The van der Waals surface area contributed by atoms with E-state index in [1.54, 1.807) is 55.6 Å². The number of oxazole rings is 1. The van der Waals surface area contributed by atoms with Gasteiger partial charge in [-0.1, -0.05) is 98.6 Å². The van der Waals surface area contributed by atoms with E-state index < -0.39 is 17.4 Å². The van der Waals surface area contributed by atoms with Crippen molar-refractivity contribution < 1.29 is 37.6 Å². The Balaban J connectivity index is 0.000000397. The normalized spacial score (nSPS) is 13.0. The highest BCUT2D eigenvalue weighted by Crippen LogP contribution is 2.16. The molecule has 3 aromatic carbocycles. The smallest absolute Gasteiger partial charge is 0.407 e. The molecule has 0 saturated carbocycles. The fourth-order valence-corrected chi connectivity index (χ4v) is 5.06. The summed E-state index contributed by atoms with van der Waals surface area (Å²) in [6.45, 7) is 13.8. The number of aliphatic hydroxyl groups is 1. The van der Waals surface area contributed by atoms with Gasteiger partial charge in [0.2, 0.25) is 18.1 Å². The second-order valence-corrected chi connectivity index (χ2v) is 14.6. The molecular formula is C43H60ClN5O8S. The largest absolute Gasteiger partial charge is 0.444 e. The number of unbranched alkanes of at least 4 members (excludes halogenated alkanes) is 1. The van der Waals surface area contributed by atoms with Crippen LogP contribution in [0.2, 0.25) is 5.02 Å². The number of rotatable bonds is 13. The van der Waals surface area contributed by atoms with E-state index in [4.69, 9.17) is 25.9 Å². The monoisotopic (exact) mass is 841 g/mol. The Morgan fingerprint density at radius 2 is 1.69 bits per heavy atom. The van der Waals surface area contributed by atoms with Crippen LogP contribution in [0.4, 0.5) is 4.79 Å². The van der Waals surface area contributed by atoms with E-state index >= 15 is 0 Å². The van der Waals surface area contributed by atoms with E-state index in [9.17, 15) is 19.2 Å². The fourth-order valence-electron chi connectivity index (χ4n) is 4.69. The van der Waals surface area contributed by atoms with Gasteiger partial charge < -0.3 is 34.0 Å². The highest BCUT2D eigenvalue weighted by atomic mass is 35.5. The molecule has 4 aromatic rings. The van der Waals surface area contributed by atoms with Gasteiger partial charge in [0.25, 0.3) is 5.89 Å². The van der Waals surface area contributed by atoms with Crippen LogP contribution in [0.1, 0.15) is 89.0 Å². The number of ketones is 1. The van der Waals surface area contributed by atoms with Gasteiger partial charge in [-0.25, -0.2) is 14.5 Å². The van der Waals surface area contributed by atoms with Crippen LogP contribution in [-0.4, -0.2) is 84.1 Å². The van der Waals surface area contributed by atoms with E-state index in [0.29, 0.717) is 42.0 Å². The molecule has 58 heavy (non-hydrogen) atoms. The third kappa shape index (κ3) is 22.9. The highest BCUT2D eigenvalue weighted by Gasteiger charge is 2.30. The van der Waals surface area contributed by atoms with Crippen molar-refractivity contribution in [2.24, 2.45) is 0 Å². The number of ether oxygens (including phenoxy) is 1. The number of alkyl carbamates (subject to hydrolysis) is 1. The number of nitrogens with zero attached hydrogens (tertiary/aromatic N) is 2. The molecule has 1 atom stereocenters. The van der Waals surface area contributed by atoms with Gasteiger partial charge in [0.05, 0.1) is 32.5 Å². The molecule has 1 aliphatic heterocycles. The third-order valence-electron chi connectivity index (χ3n) is 7.43. The average Bonchev–Trinajstić information content (AvgIpc) is 3.88. The molecule has 1 fully saturated rings. The first-order valence-corrected chi connectivity index (χ1v) is 20.2. The molecular weight excluding hydrogens is 782 g/mol. The molecule has 1 unspecified atom stereocenters. The molecule has 1 aliphatic rings. The maximum atomic E-state index is 12.0. The van der Waals surface area contributed by atoms with Gasteiger partial charge in [-0.2, -0.15) is 0 Å². The molecule has 4 N–H and O–H groups in total. The van der Waals surface area contributed by atoms with Crippen LogP contribution in [0.3, 0.4) is 0 Å². The molecule has 1 aromatic heterocycles. The zero-order chi connectivity index (χ0) is 43.2. The second-order valence-electron chi connectivity index (χ2n) is 13.4. The molecule has 1 saturated heterocycles. The molecule has 3 amide bonds. The summed E-state index contributed by atoms with van der Waals surface area (Å²) in [6, 6.07) is 23.9. The maximum absolute atomic E-state index is 12.0. The summed E-state index contributed by atoms with van der Waals surface area (Å²) >= 11 is 6.85. The fraction of sp³-hybridized carbons (Fsp3) is 0.419. The summed E-state index contributed by atoms with van der Waals surface area (Å²) in [5, 5.41) is 14.5. The number of nitrogens with one attached hydrogen (secondary N) is 3. The Labute approximate surface area is 352 Å². The van der Waals surface area contributed by atoms with Crippen molar-refractivity contribution in [1.82, 2.24) is 25.2 Å². The molecule has 13 nitrogen and oxygen atoms in total. The lowest BCUT2D eigenvalue weighted by Gasteiger charge is -2.19. The molecule has 15 heteroatoms. The van der Waals surface area contributed by atoms with E-state index in [0.717, 1.165) is 31.4 Å². The number of amides is 3. The van der Waals surface area contributed by atoms with E-state index in [1.807, 2.05) is 58.9 Å². The second kappa shape index (κ2) is 30.4. The number of hydrogen-bond acceptors (Lipinski definition) is 11. The van der Waals surface area contributed by atoms with Crippen molar-refractivity contribution in [2.75, 3.05) is 33.3 Å². The Bertz CT molecular complexity index is 1730. The Hall–Kier alpha value is -4.73. The molecule has 2 heterocycles. The van der Waals surface area contributed by atoms with Crippen molar-refractivity contribution in [3.8, 4) is 0 Å².